The maximum atomic E-state index is 12.2. The van der Waals surface area contributed by atoms with Gasteiger partial charge in [0.1, 0.15) is 17.1 Å². The van der Waals surface area contributed by atoms with Crippen molar-refractivity contribution in [2.75, 3.05) is 7.11 Å². The van der Waals surface area contributed by atoms with Crippen molar-refractivity contribution < 1.29 is 13.9 Å². The molecule has 4 nitrogen and oxygen atoms in total. The number of ether oxygens (including phenoxy) is 1. The van der Waals surface area contributed by atoms with Crippen LogP contribution in [0.3, 0.4) is 0 Å². The van der Waals surface area contributed by atoms with Crippen molar-refractivity contribution in [3.63, 3.8) is 0 Å². The Balaban J connectivity index is 2.79. The van der Waals surface area contributed by atoms with E-state index in [-0.39, 0.29) is 11.3 Å². The quantitative estimate of drug-likeness (QED) is 0.324. The first-order valence-corrected chi connectivity index (χ1v) is 8.10. The number of aryl methyl sites for hydroxylation is 1. The van der Waals surface area contributed by atoms with Crippen LogP contribution in [0.1, 0.15) is 61.1 Å². The number of ketones is 1. The Hall–Kier alpha value is -2.10. The molecule has 0 saturated heterocycles. The summed E-state index contributed by atoms with van der Waals surface area (Å²) in [6.07, 6.45) is 9.92. The molecule has 0 fully saturated rings. The van der Waals surface area contributed by atoms with E-state index in [0.717, 1.165) is 38.5 Å². The van der Waals surface area contributed by atoms with Gasteiger partial charge in [-0.05, 0) is 38.5 Å². The number of allylic oxidation sites excluding steroid dienone is 2. The van der Waals surface area contributed by atoms with E-state index in [4.69, 9.17) is 9.15 Å². The minimum atomic E-state index is -0.600. The predicted molar refractivity (Wildman–Crippen MR) is 92.3 cm³/mol. The summed E-state index contributed by atoms with van der Waals surface area (Å²) in [5.41, 5.74) is -0.572. The molecule has 0 amide bonds. The lowest BCUT2D eigenvalue weighted by atomic mass is 10.0. The number of carbonyl (C=O) groups is 1. The lowest BCUT2D eigenvalue weighted by molar-refractivity contribution is 0.0971. The molecule has 23 heavy (non-hydrogen) atoms. The molecule has 1 rings (SSSR count). The fraction of sp³-hybridized carbons (Fsp3) is 0.474. The molecule has 0 atom stereocenters. The van der Waals surface area contributed by atoms with Gasteiger partial charge < -0.3 is 9.15 Å². The topological polar surface area (TPSA) is 56.5 Å². The molecule has 0 bridgehead atoms. The number of hydrogen-bond donors (Lipinski definition) is 0. The van der Waals surface area contributed by atoms with Gasteiger partial charge in [0.15, 0.2) is 5.78 Å². The molecular weight excluding hydrogens is 292 g/mol. The van der Waals surface area contributed by atoms with Crippen LogP contribution in [0.25, 0.3) is 0 Å². The normalized spacial score (nSPS) is 10.3. The highest BCUT2D eigenvalue weighted by Gasteiger charge is 2.19. The van der Waals surface area contributed by atoms with Crippen LogP contribution in [-0.4, -0.2) is 12.9 Å². The first kappa shape index (κ1) is 18.9. The van der Waals surface area contributed by atoms with Crippen molar-refractivity contribution in [3.05, 3.63) is 53.1 Å². The van der Waals surface area contributed by atoms with Crippen LogP contribution in [0.2, 0.25) is 0 Å². The summed E-state index contributed by atoms with van der Waals surface area (Å²) in [4.78, 5) is 24.4. The van der Waals surface area contributed by atoms with Gasteiger partial charge in [0, 0.05) is 18.9 Å². The molecule has 0 aromatic carbocycles. The second-order valence-corrected chi connectivity index (χ2v) is 5.44. The Morgan fingerprint density at radius 1 is 1.17 bits per heavy atom. The van der Waals surface area contributed by atoms with Gasteiger partial charge in [0.25, 0.3) is 0 Å². The summed E-state index contributed by atoms with van der Waals surface area (Å²) in [7, 11) is 1.46. The predicted octanol–water partition coefficient (Wildman–Crippen LogP) is 4.48. The van der Waals surface area contributed by atoms with Crippen molar-refractivity contribution in [3.8, 4) is 5.75 Å². The largest absolute Gasteiger partial charge is 0.496 e. The highest BCUT2D eigenvalue weighted by atomic mass is 16.5. The standard InChI is InChI=1S/C19H26O4/c1-4-6-8-10-12-15-14-17(22-3)18(19(21)23-15)16(20)13-11-9-7-5-2/h4-5,14H,1-2,6-13H2,3H3. The number of hydrogen-bond acceptors (Lipinski definition) is 4. The third kappa shape index (κ3) is 6.27. The van der Waals surface area contributed by atoms with E-state index in [0.29, 0.717) is 24.4 Å². The molecule has 0 unspecified atom stereocenters. The fourth-order valence-electron chi connectivity index (χ4n) is 2.34. The lowest BCUT2D eigenvalue weighted by Crippen LogP contribution is -2.17. The van der Waals surface area contributed by atoms with Crippen LogP contribution in [0, 0.1) is 0 Å². The fourth-order valence-corrected chi connectivity index (χ4v) is 2.34. The van der Waals surface area contributed by atoms with Gasteiger partial charge in [-0.25, -0.2) is 4.79 Å². The summed E-state index contributed by atoms with van der Waals surface area (Å²) in [5.74, 6) is 0.644. The number of unbranched alkanes of at least 4 members (excludes halogenated alkanes) is 4. The number of carbonyl (C=O) groups excluding carboxylic acids is 1. The highest BCUT2D eigenvalue weighted by Crippen LogP contribution is 2.20. The summed E-state index contributed by atoms with van der Waals surface area (Å²) >= 11 is 0. The van der Waals surface area contributed by atoms with Gasteiger partial charge in [-0.15, -0.1) is 13.2 Å². The number of methoxy groups -OCH3 is 1. The zero-order valence-electron chi connectivity index (χ0n) is 13.9. The van der Waals surface area contributed by atoms with Gasteiger partial charge in [0.05, 0.1) is 7.11 Å². The van der Waals surface area contributed by atoms with Crippen LogP contribution in [-0.2, 0) is 6.42 Å². The smallest absolute Gasteiger partial charge is 0.350 e. The second-order valence-electron chi connectivity index (χ2n) is 5.44. The Labute approximate surface area is 137 Å². The molecule has 0 aliphatic carbocycles. The molecule has 1 heterocycles. The van der Waals surface area contributed by atoms with E-state index in [1.807, 2.05) is 12.2 Å². The van der Waals surface area contributed by atoms with Crippen LogP contribution in [0.15, 0.2) is 40.6 Å². The molecule has 0 aliphatic rings. The minimum absolute atomic E-state index is 0.0287. The van der Waals surface area contributed by atoms with E-state index < -0.39 is 5.63 Å². The molecular formula is C19H26O4. The zero-order chi connectivity index (χ0) is 17.1. The number of rotatable bonds is 12. The molecule has 0 spiro atoms. The van der Waals surface area contributed by atoms with Crippen molar-refractivity contribution >= 4 is 5.78 Å². The van der Waals surface area contributed by atoms with E-state index in [1.165, 1.54) is 7.11 Å². The van der Waals surface area contributed by atoms with Gasteiger partial charge in [-0.3, -0.25) is 4.79 Å². The monoisotopic (exact) mass is 318 g/mol. The van der Waals surface area contributed by atoms with Crippen molar-refractivity contribution in [2.24, 2.45) is 0 Å². The highest BCUT2D eigenvalue weighted by molar-refractivity contribution is 5.98. The molecule has 0 saturated carbocycles. The second kappa shape index (κ2) is 10.6. The first-order chi connectivity index (χ1) is 11.1. The van der Waals surface area contributed by atoms with Crippen LogP contribution >= 0.6 is 0 Å². The molecule has 1 aromatic rings. The van der Waals surface area contributed by atoms with Crippen LogP contribution < -0.4 is 10.4 Å². The van der Waals surface area contributed by atoms with Gasteiger partial charge in [-0.1, -0.05) is 12.2 Å². The van der Waals surface area contributed by atoms with E-state index in [9.17, 15) is 9.59 Å². The minimum Gasteiger partial charge on any atom is -0.496 e. The molecule has 0 radical (unpaired) electrons. The van der Waals surface area contributed by atoms with E-state index in [2.05, 4.69) is 13.2 Å². The molecule has 0 aliphatic heterocycles. The van der Waals surface area contributed by atoms with Crippen LogP contribution in [0.5, 0.6) is 5.75 Å². The summed E-state index contributed by atoms with van der Waals surface area (Å²) < 4.78 is 10.5. The maximum Gasteiger partial charge on any atom is 0.350 e. The third-order valence-corrected chi connectivity index (χ3v) is 3.61. The first-order valence-electron chi connectivity index (χ1n) is 8.10. The SMILES string of the molecule is C=CCCCCC(=O)c1c(OC)cc(CCCCC=C)oc1=O. The zero-order valence-corrected chi connectivity index (χ0v) is 13.9. The Morgan fingerprint density at radius 2 is 1.83 bits per heavy atom. The Morgan fingerprint density at radius 3 is 2.43 bits per heavy atom. The average Bonchev–Trinajstić information content (AvgIpc) is 2.54. The maximum absolute atomic E-state index is 12.2. The Kier molecular flexibility index (Phi) is 8.73. The molecule has 4 heteroatoms. The van der Waals surface area contributed by atoms with Crippen molar-refractivity contribution in [1.29, 1.82) is 0 Å². The van der Waals surface area contributed by atoms with Crippen LogP contribution in [0.4, 0.5) is 0 Å². The lowest BCUT2D eigenvalue weighted by Gasteiger charge is -2.08. The van der Waals surface area contributed by atoms with Gasteiger partial charge in [-0.2, -0.15) is 0 Å². The average molecular weight is 318 g/mol. The van der Waals surface area contributed by atoms with Crippen molar-refractivity contribution in [2.45, 2.75) is 51.4 Å². The van der Waals surface area contributed by atoms with E-state index >= 15 is 0 Å². The Bertz CT molecular complexity index is 584. The molecule has 0 N–H and O–H groups in total. The molecule has 126 valence electrons. The number of Topliss-reactive ketones (excluding diaryl/α,β-unsaturated/α-hetero) is 1. The summed E-state index contributed by atoms with van der Waals surface area (Å²) in [5, 5.41) is 0. The summed E-state index contributed by atoms with van der Waals surface area (Å²) in [6, 6.07) is 1.66. The summed E-state index contributed by atoms with van der Waals surface area (Å²) in [6.45, 7) is 7.32. The third-order valence-electron chi connectivity index (χ3n) is 3.61. The van der Waals surface area contributed by atoms with Crippen molar-refractivity contribution in [1.82, 2.24) is 0 Å². The van der Waals surface area contributed by atoms with E-state index in [1.54, 1.807) is 6.07 Å². The van der Waals surface area contributed by atoms with Gasteiger partial charge >= 0.3 is 5.63 Å². The van der Waals surface area contributed by atoms with Gasteiger partial charge in [0.2, 0.25) is 0 Å². The molecule has 1 aromatic heterocycles.